The number of rotatable bonds is 4. The summed E-state index contributed by atoms with van der Waals surface area (Å²) < 4.78 is 19.0. The fourth-order valence-electron chi connectivity index (χ4n) is 4.09. The summed E-state index contributed by atoms with van der Waals surface area (Å²) in [6.45, 7) is 0. The number of amides is 1. The molecule has 170 valence electrons. The molecule has 1 saturated heterocycles. The first-order valence-corrected chi connectivity index (χ1v) is 10.6. The molecule has 0 spiro atoms. The molecule has 3 aromatic carbocycles. The van der Waals surface area contributed by atoms with Crippen molar-refractivity contribution >= 4 is 46.0 Å². The minimum atomic E-state index is -1.00. The summed E-state index contributed by atoms with van der Waals surface area (Å²) in [7, 11) is 1.42. The lowest BCUT2D eigenvalue weighted by atomic mass is 9.95. The first kappa shape index (κ1) is 21.7. The summed E-state index contributed by atoms with van der Waals surface area (Å²) in [5.74, 6) is -2.38. The van der Waals surface area contributed by atoms with E-state index in [1.807, 2.05) is 0 Å². The number of halogens is 2. The smallest absolute Gasteiger partial charge is 0.302 e. The van der Waals surface area contributed by atoms with E-state index in [2.05, 4.69) is 9.97 Å². The molecular formula is C25H17ClFN3O4. The van der Waals surface area contributed by atoms with Crippen LogP contribution >= 0.6 is 11.6 Å². The fourth-order valence-corrected chi connectivity index (χ4v) is 4.27. The highest BCUT2D eigenvalue weighted by atomic mass is 35.5. The highest BCUT2D eigenvalue weighted by molar-refractivity contribution is 6.51. The molecule has 5 rings (SSSR count). The number of carbonyl (C=O) groups is 2. The number of ketones is 1. The molecule has 1 amide bonds. The maximum absolute atomic E-state index is 13.7. The lowest BCUT2D eigenvalue weighted by Crippen LogP contribution is -2.30. The molecular weight excluding hydrogens is 461 g/mol. The number of carbonyl (C=O) groups excluding carboxylic acids is 2. The molecule has 0 bridgehead atoms. The molecule has 34 heavy (non-hydrogen) atoms. The van der Waals surface area contributed by atoms with E-state index >= 15 is 0 Å². The summed E-state index contributed by atoms with van der Waals surface area (Å²) in [5.41, 5.74) is 1.36. The molecule has 7 nitrogen and oxygen atoms in total. The van der Waals surface area contributed by atoms with Crippen molar-refractivity contribution in [1.29, 1.82) is 0 Å². The van der Waals surface area contributed by atoms with Crippen LogP contribution in [-0.2, 0) is 9.59 Å². The van der Waals surface area contributed by atoms with Gasteiger partial charge in [-0.15, -0.1) is 0 Å². The van der Waals surface area contributed by atoms with Crippen molar-refractivity contribution in [3.8, 4) is 5.75 Å². The fraction of sp³-hybridized carbons (Fsp3) is 0.0800. The number of benzene rings is 3. The average Bonchev–Trinajstić information content (AvgIpc) is 3.37. The summed E-state index contributed by atoms with van der Waals surface area (Å²) in [6, 6.07) is 16.3. The zero-order valence-electron chi connectivity index (χ0n) is 17.8. The number of aromatic amines is 1. The van der Waals surface area contributed by atoms with Crippen LogP contribution in [0.4, 0.5) is 10.3 Å². The second-order valence-corrected chi connectivity index (χ2v) is 8.08. The minimum Gasteiger partial charge on any atom is -0.507 e. The Labute approximate surface area is 198 Å². The molecule has 0 radical (unpaired) electrons. The van der Waals surface area contributed by atoms with Gasteiger partial charge in [0.1, 0.15) is 17.3 Å². The number of nitrogens with zero attached hydrogens (tertiary/aromatic N) is 2. The summed E-state index contributed by atoms with van der Waals surface area (Å²) >= 11 is 6.13. The van der Waals surface area contributed by atoms with E-state index in [0.717, 1.165) is 4.90 Å². The number of nitrogens with one attached hydrogen (secondary N) is 1. The van der Waals surface area contributed by atoms with Gasteiger partial charge in [-0.25, -0.2) is 9.37 Å². The molecule has 1 aromatic heterocycles. The Morgan fingerprint density at radius 2 is 1.88 bits per heavy atom. The summed E-state index contributed by atoms with van der Waals surface area (Å²) in [6.07, 6.45) is 0. The first-order valence-electron chi connectivity index (χ1n) is 10.2. The Balaban J connectivity index is 1.75. The van der Waals surface area contributed by atoms with Crippen LogP contribution in [0, 0.1) is 5.82 Å². The van der Waals surface area contributed by atoms with Gasteiger partial charge >= 0.3 is 5.91 Å². The third-order valence-corrected chi connectivity index (χ3v) is 5.87. The lowest BCUT2D eigenvalue weighted by Gasteiger charge is -2.23. The van der Waals surface area contributed by atoms with E-state index in [1.54, 1.807) is 42.5 Å². The van der Waals surface area contributed by atoms with E-state index in [0.29, 0.717) is 21.6 Å². The zero-order chi connectivity index (χ0) is 24.0. The van der Waals surface area contributed by atoms with Gasteiger partial charge < -0.3 is 14.8 Å². The number of fused-ring (bicyclic) bond motifs is 1. The van der Waals surface area contributed by atoms with Gasteiger partial charge in [0.15, 0.2) is 0 Å². The number of ether oxygens (including phenoxy) is 1. The number of Topliss-reactive ketones (excluding diaryl/α,β-unsaturated/α-hetero) is 1. The molecule has 1 aliphatic rings. The Hall–Kier alpha value is -4.17. The standard InChI is InChI=1S/C25H17ClFN3O4/c1-34-19-10-7-14(26)11-16(19)22(31)20-21(13-5-3-2-4-6-13)30(24(33)23(20)32)25-28-17-9-8-15(27)12-18(17)29-25/h2-12,21,31H,1H3,(H,28,29)/b22-20+. The van der Waals surface area contributed by atoms with E-state index in [1.165, 1.54) is 31.4 Å². The quantitative estimate of drug-likeness (QED) is 0.245. The van der Waals surface area contributed by atoms with Crippen LogP contribution in [-0.4, -0.2) is 33.9 Å². The Bertz CT molecular complexity index is 1480. The molecule has 2 N–H and O–H groups in total. The maximum Gasteiger partial charge on any atom is 0.302 e. The largest absolute Gasteiger partial charge is 0.507 e. The van der Waals surface area contributed by atoms with Crippen molar-refractivity contribution in [3.05, 3.63) is 94.3 Å². The van der Waals surface area contributed by atoms with E-state index in [9.17, 15) is 19.1 Å². The van der Waals surface area contributed by atoms with Crippen LogP contribution < -0.4 is 9.64 Å². The van der Waals surface area contributed by atoms with Crippen molar-refractivity contribution in [3.63, 3.8) is 0 Å². The van der Waals surface area contributed by atoms with Crippen LogP contribution in [0.15, 0.2) is 72.3 Å². The number of aliphatic hydroxyl groups excluding tert-OH is 1. The van der Waals surface area contributed by atoms with E-state index in [4.69, 9.17) is 16.3 Å². The van der Waals surface area contributed by atoms with Crippen LogP contribution in [0.25, 0.3) is 16.8 Å². The lowest BCUT2D eigenvalue weighted by molar-refractivity contribution is -0.132. The van der Waals surface area contributed by atoms with Gasteiger partial charge in [-0.2, -0.15) is 0 Å². The zero-order valence-corrected chi connectivity index (χ0v) is 18.5. The molecule has 0 saturated carbocycles. The predicted octanol–water partition coefficient (Wildman–Crippen LogP) is 4.99. The van der Waals surface area contributed by atoms with Gasteiger partial charge in [-0.05, 0) is 42.0 Å². The number of methoxy groups -OCH3 is 1. The Morgan fingerprint density at radius 1 is 1.12 bits per heavy atom. The van der Waals surface area contributed by atoms with Crippen molar-refractivity contribution in [2.24, 2.45) is 0 Å². The van der Waals surface area contributed by atoms with Crippen LogP contribution in [0.1, 0.15) is 17.2 Å². The molecule has 1 atom stereocenters. The van der Waals surface area contributed by atoms with Crippen molar-refractivity contribution in [1.82, 2.24) is 9.97 Å². The van der Waals surface area contributed by atoms with Crippen LogP contribution in [0.3, 0.4) is 0 Å². The Morgan fingerprint density at radius 3 is 2.62 bits per heavy atom. The number of aliphatic hydroxyl groups is 1. The SMILES string of the molecule is COc1ccc(Cl)cc1/C(O)=C1\C(=O)C(=O)N(c2nc3ccc(F)cc3[nH]2)C1c1ccccc1. The highest BCUT2D eigenvalue weighted by Crippen LogP contribution is 2.43. The molecule has 1 aliphatic heterocycles. The van der Waals surface area contributed by atoms with E-state index < -0.39 is 29.3 Å². The van der Waals surface area contributed by atoms with Crippen molar-refractivity contribution in [2.75, 3.05) is 12.0 Å². The highest BCUT2D eigenvalue weighted by Gasteiger charge is 2.48. The van der Waals surface area contributed by atoms with E-state index in [-0.39, 0.29) is 22.8 Å². The predicted molar refractivity (Wildman–Crippen MR) is 125 cm³/mol. The molecule has 9 heteroatoms. The van der Waals surface area contributed by atoms with Gasteiger partial charge in [-0.3, -0.25) is 14.5 Å². The third-order valence-electron chi connectivity index (χ3n) is 5.64. The van der Waals surface area contributed by atoms with Crippen LogP contribution in [0.2, 0.25) is 5.02 Å². The van der Waals surface area contributed by atoms with Gasteiger partial charge in [0.25, 0.3) is 5.78 Å². The van der Waals surface area contributed by atoms with Crippen molar-refractivity contribution in [2.45, 2.75) is 6.04 Å². The molecule has 1 fully saturated rings. The van der Waals surface area contributed by atoms with Crippen molar-refractivity contribution < 1.29 is 23.8 Å². The first-order chi connectivity index (χ1) is 16.4. The maximum atomic E-state index is 13.7. The number of hydrogen-bond acceptors (Lipinski definition) is 5. The average molecular weight is 478 g/mol. The molecule has 0 aliphatic carbocycles. The van der Waals surface area contributed by atoms with Gasteiger partial charge in [0.2, 0.25) is 5.95 Å². The Kier molecular flexibility index (Phi) is 5.30. The third kappa shape index (κ3) is 3.48. The number of aromatic nitrogens is 2. The number of imidazole rings is 1. The molecule has 2 heterocycles. The molecule has 1 unspecified atom stereocenters. The van der Waals surface area contributed by atoms with Gasteiger partial charge in [-0.1, -0.05) is 41.9 Å². The van der Waals surface area contributed by atoms with Gasteiger partial charge in [0, 0.05) is 5.02 Å². The second kappa shape index (κ2) is 8.31. The molecule has 4 aromatic rings. The normalized spacial score (nSPS) is 17.5. The van der Waals surface area contributed by atoms with Crippen LogP contribution in [0.5, 0.6) is 5.75 Å². The number of H-pyrrole nitrogens is 1. The monoisotopic (exact) mass is 477 g/mol. The number of anilines is 1. The number of hydrogen-bond donors (Lipinski definition) is 2. The van der Waals surface area contributed by atoms with Gasteiger partial charge in [0.05, 0.1) is 35.3 Å². The summed E-state index contributed by atoms with van der Waals surface area (Å²) in [4.78, 5) is 35.0. The summed E-state index contributed by atoms with van der Waals surface area (Å²) in [5, 5.41) is 11.6. The second-order valence-electron chi connectivity index (χ2n) is 7.65. The minimum absolute atomic E-state index is 0.0497. The topological polar surface area (TPSA) is 95.5 Å².